The van der Waals surface area contributed by atoms with Gasteiger partial charge in [0.1, 0.15) is 0 Å². The van der Waals surface area contributed by atoms with Crippen LogP contribution in [0.2, 0.25) is 0 Å². The van der Waals surface area contributed by atoms with Crippen molar-refractivity contribution in [1.82, 2.24) is 0 Å². The second-order valence-electron chi connectivity index (χ2n) is 3.86. The van der Waals surface area contributed by atoms with Crippen molar-refractivity contribution in [2.45, 2.75) is 32.9 Å². The van der Waals surface area contributed by atoms with Gasteiger partial charge in [0, 0.05) is 6.54 Å². The smallest absolute Gasteiger partial charge is 0.347 e. The van der Waals surface area contributed by atoms with E-state index in [9.17, 15) is 13.6 Å². The van der Waals surface area contributed by atoms with Crippen LogP contribution in [0.3, 0.4) is 0 Å². The highest BCUT2D eigenvalue weighted by Gasteiger charge is 2.23. The second-order valence-corrected chi connectivity index (χ2v) is 3.86. The Morgan fingerprint density at radius 3 is 2.32 bits per heavy atom. The molecular weight excluding hydrogens is 256 g/mol. The van der Waals surface area contributed by atoms with E-state index in [2.05, 4.69) is 0 Å². The SMILES string of the molecule is CCOC(=O)C(CC)Oc1c(F)cc(CN)cc1F. The van der Waals surface area contributed by atoms with Crippen molar-refractivity contribution in [2.75, 3.05) is 6.61 Å². The zero-order chi connectivity index (χ0) is 14.4. The molecule has 0 spiro atoms. The molecule has 0 bridgehead atoms. The lowest BCUT2D eigenvalue weighted by molar-refractivity contribution is -0.151. The van der Waals surface area contributed by atoms with E-state index < -0.39 is 29.5 Å². The highest BCUT2D eigenvalue weighted by Crippen LogP contribution is 2.25. The third kappa shape index (κ3) is 3.89. The number of nitrogens with two attached hydrogens (primary N) is 1. The van der Waals surface area contributed by atoms with Gasteiger partial charge in [0.05, 0.1) is 6.61 Å². The average molecular weight is 273 g/mol. The lowest BCUT2D eigenvalue weighted by Crippen LogP contribution is -2.29. The molecule has 0 amide bonds. The van der Waals surface area contributed by atoms with Gasteiger partial charge in [0.15, 0.2) is 23.5 Å². The molecule has 0 saturated carbocycles. The Bertz CT molecular complexity index is 429. The molecule has 4 nitrogen and oxygen atoms in total. The first-order valence-corrected chi connectivity index (χ1v) is 6.04. The van der Waals surface area contributed by atoms with Gasteiger partial charge in [-0.05, 0) is 31.0 Å². The molecule has 1 aromatic rings. The Morgan fingerprint density at radius 1 is 1.32 bits per heavy atom. The third-order valence-electron chi connectivity index (χ3n) is 2.47. The van der Waals surface area contributed by atoms with Crippen molar-refractivity contribution < 1.29 is 23.0 Å². The van der Waals surface area contributed by atoms with Crippen LogP contribution in [-0.2, 0) is 16.1 Å². The number of ether oxygens (including phenoxy) is 2. The Morgan fingerprint density at radius 2 is 1.89 bits per heavy atom. The van der Waals surface area contributed by atoms with Crippen molar-refractivity contribution in [2.24, 2.45) is 5.73 Å². The monoisotopic (exact) mass is 273 g/mol. The van der Waals surface area contributed by atoms with Gasteiger partial charge in [-0.3, -0.25) is 0 Å². The number of hydrogen-bond acceptors (Lipinski definition) is 4. The van der Waals surface area contributed by atoms with Crippen molar-refractivity contribution in [1.29, 1.82) is 0 Å². The number of carbonyl (C=O) groups excluding carboxylic acids is 1. The molecule has 1 rings (SSSR count). The number of hydrogen-bond donors (Lipinski definition) is 1. The molecule has 106 valence electrons. The summed E-state index contributed by atoms with van der Waals surface area (Å²) >= 11 is 0. The van der Waals surface area contributed by atoms with Crippen molar-refractivity contribution in [3.63, 3.8) is 0 Å². The molecule has 0 aliphatic carbocycles. The van der Waals surface area contributed by atoms with E-state index in [1.807, 2.05) is 0 Å². The van der Waals surface area contributed by atoms with E-state index >= 15 is 0 Å². The van der Waals surface area contributed by atoms with Crippen LogP contribution >= 0.6 is 0 Å². The Labute approximate surface area is 110 Å². The molecule has 0 aromatic heterocycles. The van der Waals surface area contributed by atoms with E-state index in [4.69, 9.17) is 15.2 Å². The largest absolute Gasteiger partial charge is 0.473 e. The van der Waals surface area contributed by atoms with Crippen LogP contribution in [-0.4, -0.2) is 18.7 Å². The van der Waals surface area contributed by atoms with Crippen LogP contribution < -0.4 is 10.5 Å². The van der Waals surface area contributed by atoms with Gasteiger partial charge in [-0.25, -0.2) is 13.6 Å². The molecule has 0 aliphatic heterocycles. The highest BCUT2D eigenvalue weighted by molar-refractivity contribution is 5.75. The van der Waals surface area contributed by atoms with Gasteiger partial charge in [-0.2, -0.15) is 0 Å². The Balaban J connectivity index is 2.94. The van der Waals surface area contributed by atoms with Crippen molar-refractivity contribution in [3.8, 4) is 5.75 Å². The molecule has 0 heterocycles. The normalized spacial score (nSPS) is 12.1. The minimum Gasteiger partial charge on any atom is -0.473 e. The van der Waals surface area contributed by atoms with E-state index in [0.29, 0.717) is 5.56 Å². The Hall–Kier alpha value is -1.69. The first kappa shape index (κ1) is 15.4. The van der Waals surface area contributed by atoms with E-state index in [1.54, 1.807) is 13.8 Å². The topological polar surface area (TPSA) is 61.5 Å². The number of halogens is 2. The quantitative estimate of drug-likeness (QED) is 0.807. The summed E-state index contributed by atoms with van der Waals surface area (Å²) in [6.45, 7) is 3.49. The van der Waals surface area contributed by atoms with Crippen molar-refractivity contribution in [3.05, 3.63) is 29.3 Å². The maximum atomic E-state index is 13.7. The predicted molar refractivity (Wildman–Crippen MR) is 65.6 cm³/mol. The van der Waals surface area contributed by atoms with Gasteiger partial charge in [-0.15, -0.1) is 0 Å². The van der Waals surface area contributed by atoms with Gasteiger partial charge in [0.25, 0.3) is 0 Å². The summed E-state index contributed by atoms with van der Waals surface area (Å²) in [4.78, 5) is 11.5. The zero-order valence-electron chi connectivity index (χ0n) is 10.9. The average Bonchev–Trinajstić information content (AvgIpc) is 2.38. The number of esters is 1. The first-order chi connectivity index (χ1) is 9.03. The summed E-state index contributed by atoms with van der Waals surface area (Å²) in [6, 6.07) is 2.16. The number of rotatable bonds is 6. The fourth-order valence-electron chi connectivity index (χ4n) is 1.52. The summed E-state index contributed by atoms with van der Waals surface area (Å²) in [5.74, 6) is -3.00. The van der Waals surface area contributed by atoms with Crippen LogP contribution in [0.25, 0.3) is 0 Å². The molecule has 2 N–H and O–H groups in total. The minimum atomic E-state index is -1.03. The molecule has 6 heteroatoms. The van der Waals surface area contributed by atoms with E-state index in [1.165, 1.54) is 0 Å². The molecule has 1 atom stereocenters. The molecular formula is C13H17F2NO3. The summed E-state index contributed by atoms with van der Waals surface area (Å²) in [6.07, 6.45) is -0.788. The maximum absolute atomic E-state index is 13.7. The molecule has 0 fully saturated rings. The van der Waals surface area contributed by atoms with Crippen LogP contribution in [0.5, 0.6) is 5.75 Å². The highest BCUT2D eigenvalue weighted by atomic mass is 19.1. The molecule has 1 unspecified atom stereocenters. The molecule has 0 radical (unpaired) electrons. The summed E-state index contributed by atoms with van der Waals surface area (Å²) in [7, 11) is 0. The van der Waals surface area contributed by atoms with Gasteiger partial charge < -0.3 is 15.2 Å². The van der Waals surface area contributed by atoms with Crippen molar-refractivity contribution >= 4 is 5.97 Å². The molecule has 0 saturated heterocycles. The number of carbonyl (C=O) groups is 1. The first-order valence-electron chi connectivity index (χ1n) is 6.04. The lowest BCUT2D eigenvalue weighted by atomic mass is 10.2. The standard InChI is InChI=1S/C13H17F2NO3/c1-3-11(13(17)18-4-2)19-12-9(14)5-8(7-16)6-10(12)15/h5-6,11H,3-4,7,16H2,1-2H3. The molecule has 0 aliphatic rings. The fraction of sp³-hybridized carbons (Fsp3) is 0.462. The molecule has 1 aromatic carbocycles. The van der Waals surface area contributed by atoms with Gasteiger partial charge in [-0.1, -0.05) is 6.92 Å². The van der Waals surface area contributed by atoms with Gasteiger partial charge in [0.2, 0.25) is 0 Å². The predicted octanol–water partition coefficient (Wildman–Crippen LogP) is 2.14. The van der Waals surface area contributed by atoms with Crippen LogP contribution in [0.4, 0.5) is 8.78 Å². The fourth-order valence-corrected chi connectivity index (χ4v) is 1.52. The minimum absolute atomic E-state index is 0.0171. The van der Waals surface area contributed by atoms with E-state index in [-0.39, 0.29) is 19.6 Å². The Kier molecular flexibility index (Phi) is 5.69. The van der Waals surface area contributed by atoms with E-state index in [0.717, 1.165) is 12.1 Å². The van der Waals surface area contributed by atoms with Crippen LogP contribution in [0.1, 0.15) is 25.8 Å². The molecule has 19 heavy (non-hydrogen) atoms. The van der Waals surface area contributed by atoms with Gasteiger partial charge >= 0.3 is 5.97 Å². The summed E-state index contributed by atoms with van der Waals surface area (Å²) in [5, 5.41) is 0. The third-order valence-corrected chi connectivity index (χ3v) is 2.47. The summed E-state index contributed by atoms with van der Waals surface area (Å²) < 4.78 is 37.2. The second kappa shape index (κ2) is 7.04. The maximum Gasteiger partial charge on any atom is 0.347 e. The zero-order valence-corrected chi connectivity index (χ0v) is 10.9. The van der Waals surface area contributed by atoms with Crippen LogP contribution in [0.15, 0.2) is 12.1 Å². The summed E-state index contributed by atoms with van der Waals surface area (Å²) in [5.41, 5.74) is 5.62. The number of benzene rings is 1. The van der Waals surface area contributed by atoms with Crippen LogP contribution in [0, 0.1) is 11.6 Å². The lowest BCUT2D eigenvalue weighted by Gasteiger charge is -2.17.